The summed E-state index contributed by atoms with van der Waals surface area (Å²) in [6.45, 7) is 5.83. The number of nitrogens with zero attached hydrogens (tertiary/aromatic N) is 2. The van der Waals surface area contributed by atoms with Gasteiger partial charge in [-0.2, -0.15) is 0 Å². The molecule has 4 heteroatoms. The lowest BCUT2D eigenvalue weighted by molar-refractivity contribution is 0.0266. The van der Waals surface area contributed by atoms with Gasteiger partial charge in [-0.1, -0.05) is 6.92 Å². The lowest BCUT2D eigenvalue weighted by Crippen LogP contribution is -2.39. The van der Waals surface area contributed by atoms with Crippen molar-refractivity contribution in [3.05, 3.63) is 24.5 Å². The van der Waals surface area contributed by atoms with E-state index in [-0.39, 0.29) is 6.10 Å². The molecule has 1 aromatic rings. The molecular formula is C14H22N2O2. The molecule has 0 spiro atoms. The Morgan fingerprint density at radius 3 is 2.89 bits per heavy atom. The molecule has 1 aromatic heterocycles. The van der Waals surface area contributed by atoms with Crippen molar-refractivity contribution >= 4 is 0 Å². The summed E-state index contributed by atoms with van der Waals surface area (Å²) in [6.07, 6.45) is 5.14. The second-order valence-electron chi connectivity index (χ2n) is 4.84. The molecule has 1 fully saturated rings. The summed E-state index contributed by atoms with van der Waals surface area (Å²) in [7, 11) is 0. The summed E-state index contributed by atoms with van der Waals surface area (Å²) < 4.78 is 5.55. The average Bonchev–Trinajstić information content (AvgIpc) is 2.46. The molecule has 0 aromatic carbocycles. The van der Waals surface area contributed by atoms with Crippen molar-refractivity contribution in [1.29, 1.82) is 0 Å². The first-order valence-electron chi connectivity index (χ1n) is 6.73. The fraction of sp³-hybridized carbons (Fsp3) is 0.643. The Kier molecular flexibility index (Phi) is 4.96. The highest BCUT2D eigenvalue weighted by Gasteiger charge is 2.24. The number of pyridine rings is 1. The van der Waals surface area contributed by atoms with Crippen molar-refractivity contribution in [2.75, 3.05) is 26.2 Å². The van der Waals surface area contributed by atoms with Crippen LogP contribution in [0.3, 0.4) is 0 Å². The first-order chi connectivity index (χ1) is 8.79. The van der Waals surface area contributed by atoms with Gasteiger partial charge in [-0.15, -0.1) is 0 Å². The van der Waals surface area contributed by atoms with Crippen molar-refractivity contribution < 1.29 is 9.84 Å². The van der Waals surface area contributed by atoms with E-state index in [1.54, 1.807) is 12.4 Å². The quantitative estimate of drug-likeness (QED) is 0.861. The molecule has 0 radical (unpaired) electrons. The Labute approximate surface area is 109 Å². The number of likely N-dealkylation sites (tertiary alicyclic amines) is 1. The summed E-state index contributed by atoms with van der Waals surface area (Å²) in [5, 5.41) is 10.1. The van der Waals surface area contributed by atoms with Gasteiger partial charge in [-0.3, -0.25) is 4.98 Å². The number of hydrogen-bond acceptors (Lipinski definition) is 4. The molecule has 100 valence electrons. The Morgan fingerprint density at radius 1 is 1.50 bits per heavy atom. The number of aliphatic hydroxyl groups is 1. The van der Waals surface area contributed by atoms with Gasteiger partial charge in [0, 0.05) is 6.20 Å². The van der Waals surface area contributed by atoms with E-state index < -0.39 is 0 Å². The molecular weight excluding hydrogens is 228 g/mol. The largest absolute Gasteiger partial charge is 0.489 e. The van der Waals surface area contributed by atoms with Crippen molar-refractivity contribution in [2.45, 2.75) is 25.9 Å². The maximum atomic E-state index is 10.1. The van der Waals surface area contributed by atoms with Crippen molar-refractivity contribution in [3.63, 3.8) is 0 Å². The van der Waals surface area contributed by atoms with E-state index in [1.807, 2.05) is 12.1 Å². The Morgan fingerprint density at radius 2 is 2.28 bits per heavy atom. The molecule has 0 aliphatic carbocycles. The third kappa shape index (κ3) is 3.68. The van der Waals surface area contributed by atoms with E-state index in [0.717, 1.165) is 38.2 Å². The first-order valence-corrected chi connectivity index (χ1v) is 6.73. The van der Waals surface area contributed by atoms with Crippen LogP contribution >= 0.6 is 0 Å². The zero-order chi connectivity index (χ0) is 12.8. The third-order valence-corrected chi connectivity index (χ3v) is 3.68. The molecule has 0 amide bonds. The molecule has 18 heavy (non-hydrogen) atoms. The SMILES string of the molecule is CCN1CCC(C(O)COc2cccnc2)CC1. The van der Waals surface area contributed by atoms with Crippen LogP contribution in [0.15, 0.2) is 24.5 Å². The molecule has 4 nitrogen and oxygen atoms in total. The van der Waals surface area contributed by atoms with Gasteiger partial charge in [0.05, 0.1) is 12.3 Å². The fourth-order valence-electron chi connectivity index (χ4n) is 2.40. The standard InChI is InChI=1S/C14H22N2O2/c1-2-16-8-5-12(6-9-16)14(17)11-18-13-4-3-7-15-10-13/h3-4,7,10,12,14,17H,2,5-6,8-9,11H2,1H3. The number of ether oxygens (including phenoxy) is 1. The first kappa shape index (κ1) is 13.3. The number of hydrogen-bond donors (Lipinski definition) is 1. The van der Waals surface area contributed by atoms with Crippen LogP contribution in [-0.4, -0.2) is 47.3 Å². The number of aromatic nitrogens is 1. The lowest BCUT2D eigenvalue weighted by atomic mass is 9.91. The summed E-state index contributed by atoms with van der Waals surface area (Å²) in [5.74, 6) is 1.09. The smallest absolute Gasteiger partial charge is 0.137 e. The monoisotopic (exact) mass is 250 g/mol. The summed E-state index contributed by atoms with van der Waals surface area (Å²) in [4.78, 5) is 6.40. The maximum Gasteiger partial charge on any atom is 0.137 e. The van der Waals surface area contributed by atoms with Gasteiger partial charge >= 0.3 is 0 Å². The van der Waals surface area contributed by atoms with E-state index >= 15 is 0 Å². The van der Waals surface area contributed by atoms with Crippen molar-refractivity contribution in [1.82, 2.24) is 9.88 Å². The number of aliphatic hydroxyl groups excluding tert-OH is 1. The van der Waals surface area contributed by atoms with E-state index in [4.69, 9.17) is 4.74 Å². The second kappa shape index (κ2) is 6.71. The Bertz CT molecular complexity index is 337. The van der Waals surface area contributed by atoms with Crippen LogP contribution < -0.4 is 4.74 Å². The number of piperidine rings is 1. The zero-order valence-corrected chi connectivity index (χ0v) is 11.0. The molecule has 1 atom stereocenters. The minimum atomic E-state index is -0.371. The highest BCUT2D eigenvalue weighted by molar-refractivity contribution is 5.15. The third-order valence-electron chi connectivity index (χ3n) is 3.68. The van der Waals surface area contributed by atoms with E-state index in [2.05, 4.69) is 16.8 Å². The molecule has 2 heterocycles. The van der Waals surface area contributed by atoms with Crippen LogP contribution in [0, 0.1) is 5.92 Å². The predicted octanol–water partition coefficient (Wildman–Crippen LogP) is 1.55. The fourth-order valence-corrected chi connectivity index (χ4v) is 2.40. The highest BCUT2D eigenvalue weighted by atomic mass is 16.5. The molecule has 0 bridgehead atoms. The summed E-state index contributed by atoms with van der Waals surface area (Å²) in [5.41, 5.74) is 0. The van der Waals surface area contributed by atoms with Gasteiger partial charge in [0.2, 0.25) is 0 Å². The molecule has 1 saturated heterocycles. The second-order valence-corrected chi connectivity index (χ2v) is 4.84. The van der Waals surface area contributed by atoms with Crippen LogP contribution in [0.4, 0.5) is 0 Å². The van der Waals surface area contributed by atoms with Gasteiger partial charge in [0.25, 0.3) is 0 Å². The normalized spacial score (nSPS) is 19.7. The predicted molar refractivity (Wildman–Crippen MR) is 70.6 cm³/mol. The summed E-state index contributed by atoms with van der Waals surface area (Å²) in [6, 6.07) is 3.70. The van der Waals surface area contributed by atoms with Gasteiger partial charge in [-0.05, 0) is 50.5 Å². The van der Waals surface area contributed by atoms with Gasteiger partial charge in [0.1, 0.15) is 12.4 Å². The molecule has 2 rings (SSSR count). The van der Waals surface area contributed by atoms with E-state index in [0.29, 0.717) is 12.5 Å². The minimum Gasteiger partial charge on any atom is -0.489 e. The van der Waals surface area contributed by atoms with Crippen LogP contribution in [0.1, 0.15) is 19.8 Å². The lowest BCUT2D eigenvalue weighted by Gasteiger charge is -2.33. The molecule has 1 N–H and O–H groups in total. The summed E-state index contributed by atoms with van der Waals surface area (Å²) >= 11 is 0. The Balaban J connectivity index is 1.73. The topological polar surface area (TPSA) is 45.6 Å². The van der Waals surface area contributed by atoms with Crippen LogP contribution in [0.5, 0.6) is 5.75 Å². The van der Waals surface area contributed by atoms with Gasteiger partial charge in [-0.25, -0.2) is 0 Å². The van der Waals surface area contributed by atoms with Crippen LogP contribution in [-0.2, 0) is 0 Å². The molecule has 0 saturated carbocycles. The van der Waals surface area contributed by atoms with Crippen LogP contribution in [0.25, 0.3) is 0 Å². The Hall–Kier alpha value is -1.13. The minimum absolute atomic E-state index is 0.364. The molecule has 1 aliphatic rings. The van der Waals surface area contributed by atoms with Crippen molar-refractivity contribution in [3.8, 4) is 5.75 Å². The highest BCUT2D eigenvalue weighted by Crippen LogP contribution is 2.21. The van der Waals surface area contributed by atoms with E-state index in [1.165, 1.54) is 0 Å². The van der Waals surface area contributed by atoms with E-state index in [9.17, 15) is 5.11 Å². The van der Waals surface area contributed by atoms with Gasteiger partial charge in [0.15, 0.2) is 0 Å². The van der Waals surface area contributed by atoms with Crippen LogP contribution in [0.2, 0.25) is 0 Å². The average molecular weight is 250 g/mol. The van der Waals surface area contributed by atoms with Crippen molar-refractivity contribution in [2.24, 2.45) is 5.92 Å². The molecule has 1 unspecified atom stereocenters. The van der Waals surface area contributed by atoms with Gasteiger partial charge < -0.3 is 14.7 Å². The zero-order valence-electron chi connectivity index (χ0n) is 11.0. The number of rotatable bonds is 5. The maximum absolute atomic E-state index is 10.1. The molecule has 1 aliphatic heterocycles.